The van der Waals surface area contributed by atoms with Crippen LogP contribution in [0.15, 0.2) is 42.5 Å². The van der Waals surface area contributed by atoms with Gasteiger partial charge >= 0.3 is 0 Å². The minimum atomic E-state index is -0.371. The molecule has 2 amide bonds. The van der Waals surface area contributed by atoms with Gasteiger partial charge in [0, 0.05) is 19.5 Å². The molecule has 3 rings (SSSR count). The standard InChI is InChI=1S/C27H36N2O5/c1-19(30)28-24(21-10-13-23(32-2)14-11-21)18-27(31)29-16-6-5-7-22(29)12-8-20-9-15-25(33-3)26(17-20)34-4/h9-11,13-15,17,22,24H,5-8,12,16,18H2,1-4H3,(H,28,30). The number of ether oxygens (including phenoxy) is 3. The van der Waals surface area contributed by atoms with Gasteiger partial charge in [0.25, 0.3) is 0 Å². The lowest BCUT2D eigenvalue weighted by molar-refractivity contribution is -0.135. The topological polar surface area (TPSA) is 77.1 Å². The summed E-state index contributed by atoms with van der Waals surface area (Å²) in [5.74, 6) is 2.09. The molecule has 2 aromatic rings. The van der Waals surface area contributed by atoms with Gasteiger partial charge in [0.05, 0.1) is 33.8 Å². The first kappa shape index (κ1) is 25.4. The average Bonchev–Trinajstić information content (AvgIpc) is 2.86. The van der Waals surface area contributed by atoms with Gasteiger partial charge in [-0.25, -0.2) is 0 Å². The molecule has 2 unspecified atom stereocenters. The molecular weight excluding hydrogens is 432 g/mol. The monoisotopic (exact) mass is 468 g/mol. The number of benzene rings is 2. The number of piperidine rings is 1. The second kappa shape index (κ2) is 12.3. The largest absolute Gasteiger partial charge is 0.497 e. The number of hydrogen-bond donors (Lipinski definition) is 1. The highest BCUT2D eigenvalue weighted by atomic mass is 16.5. The zero-order valence-electron chi connectivity index (χ0n) is 20.6. The number of rotatable bonds is 10. The van der Waals surface area contributed by atoms with Crippen LogP contribution >= 0.6 is 0 Å². The van der Waals surface area contributed by atoms with Crippen molar-refractivity contribution < 1.29 is 23.8 Å². The van der Waals surface area contributed by atoms with E-state index in [1.807, 2.05) is 47.4 Å². The molecule has 7 nitrogen and oxygen atoms in total. The highest BCUT2D eigenvalue weighted by molar-refractivity contribution is 5.79. The Morgan fingerprint density at radius 3 is 2.38 bits per heavy atom. The van der Waals surface area contributed by atoms with Gasteiger partial charge < -0.3 is 24.4 Å². The first-order chi connectivity index (χ1) is 16.4. The first-order valence-corrected chi connectivity index (χ1v) is 11.9. The van der Waals surface area contributed by atoms with E-state index in [-0.39, 0.29) is 30.3 Å². The van der Waals surface area contributed by atoms with E-state index in [0.29, 0.717) is 11.5 Å². The van der Waals surface area contributed by atoms with Crippen LogP contribution < -0.4 is 19.5 Å². The van der Waals surface area contributed by atoms with E-state index in [1.54, 1.807) is 21.3 Å². The van der Waals surface area contributed by atoms with Crippen molar-refractivity contribution >= 4 is 11.8 Å². The van der Waals surface area contributed by atoms with Crippen molar-refractivity contribution in [3.8, 4) is 17.2 Å². The van der Waals surface area contributed by atoms with E-state index in [9.17, 15) is 9.59 Å². The van der Waals surface area contributed by atoms with Crippen molar-refractivity contribution in [2.45, 2.75) is 57.5 Å². The summed E-state index contributed by atoms with van der Waals surface area (Å²) in [7, 11) is 4.88. The lowest BCUT2D eigenvalue weighted by Gasteiger charge is -2.37. The van der Waals surface area contributed by atoms with E-state index >= 15 is 0 Å². The minimum Gasteiger partial charge on any atom is -0.497 e. The highest BCUT2D eigenvalue weighted by Gasteiger charge is 2.29. The Hall–Kier alpha value is -3.22. The molecule has 1 aliphatic heterocycles. The van der Waals surface area contributed by atoms with E-state index in [4.69, 9.17) is 14.2 Å². The molecule has 2 aromatic carbocycles. The summed E-state index contributed by atoms with van der Waals surface area (Å²) < 4.78 is 16.0. The predicted molar refractivity (Wildman–Crippen MR) is 131 cm³/mol. The van der Waals surface area contributed by atoms with Crippen LogP contribution in [-0.2, 0) is 16.0 Å². The number of hydrogen-bond acceptors (Lipinski definition) is 5. The van der Waals surface area contributed by atoms with Gasteiger partial charge in [0.2, 0.25) is 11.8 Å². The van der Waals surface area contributed by atoms with E-state index in [2.05, 4.69) is 5.32 Å². The Balaban J connectivity index is 1.68. The molecule has 2 atom stereocenters. The fourth-order valence-electron chi connectivity index (χ4n) is 4.62. The van der Waals surface area contributed by atoms with Crippen LogP contribution in [0, 0.1) is 0 Å². The Bertz CT molecular complexity index is 960. The van der Waals surface area contributed by atoms with E-state index < -0.39 is 0 Å². The second-order valence-electron chi connectivity index (χ2n) is 8.70. The molecule has 1 aliphatic rings. The van der Waals surface area contributed by atoms with Crippen molar-refractivity contribution in [2.75, 3.05) is 27.9 Å². The van der Waals surface area contributed by atoms with Gasteiger partial charge in [0.15, 0.2) is 11.5 Å². The van der Waals surface area contributed by atoms with Crippen molar-refractivity contribution in [1.29, 1.82) is 0 Å². The normalized spacial score (nSPS) is 16.5. The molecule has 0 aliphatic carbocycles. The van der Waals surface area contributed by atoms with Crippen LogP contribution in [0.2, 0.25) is 0 Å². The number of likely N-dealkylation sites (tertiary alicyclic amines) is 1. The zero-order chi connectivity index (χ0) is 24.5. The molecule has 184 valence electrons. The lowest BCUT2D eigenvalue weighted by Crippen LogP contribution is -2.45. The third-order valence-electron chi connectivity index (χ3n) is 6.44. The van der Waals surface area contributed by atoms with Crippen LogP contribution in [0.5, 0.6) is 17.2 Å². The molecule has 0 saturated carbocycles. The Morgan fingerprint density at radius 1 is 1.00 bits per heavy atom. The summed E-state index contributed by atoms with van der Waals surface area (Å²) >= 11 is 0. The smallest absolute Gasteiger partial charge is 0.225 e. The number of nitrogens with zero attached hydrogens (tertiary/aromatic N) is 1. The number of carbonyl (C=O) groups excluding carboxylic acids is 2. The Kier molecular flexibility index (Phi) is 9.19. The second-order valence-corrected chi connectivity index (χ2v) is 8.70. The molecule has 0 aromatic heterocycles. The summed E-state index contributed by atoms with van der Waals surface area (Å²) in [6.45, 7) is 2.23. The Labute approximate surface area is 202 Å². The quantitative estimate of drug-likeness (QED) is 0.563. The van der Waals surface area contributed by atoms with Gasteiger partial charge in [-0.3, -0.25) is 9.59 Å². The molecule has 0 bridgehead atoms. The van der Waals surface area contributed by atoms with Crippen molar-refractivity contribution in [3.63, 3.8) is 0 Å². The molecule has 0 radical (unpaired) electrons. The van der Waals surface area contributed by atoms with Crippen LogP contribution in [0.1, 0.15) is 56.2 Å². The first-order valence-electron chi connectivity index (χ1n) is 11.9. The van der Waals surface area contributed by atoms with Gasteiger partial charge in [-0.2, -0.15) is 0 Å². The average molecular weight is 469 g/mol. The molecule has 0 spiro atoms. The SMILES string of the molecule is COc1ccc(C(CC(=O)N2CCCCC2CCc2ccc(OC)c(OC)c2)NC(C)=O)cc1. The Morgan fingerprint density at radius 2 is 1.74 bits per heavy atom. The zero-order valence-corrected chi connectivity index (χ0v) is 20.6. The maximum Gasteiger partial charge on any atom is 0.225 e. The third-order valence-corrected chi connectivity index (χ3v) is 6.44. The number of amides is 2. The molecular formula is C27H36N2O5. The summed E-state index contributed by atoms with van der Waals surface area (Å²) in [6, 6.07) is 13.3. The van der Waals surface area contributed by atoms with Gasteiger partial charge in [-0.1, -0.05) is 18.2 Å². The molecule has 1 N–H and O–H groups in total. The summed E-state index contributed by atoms with van der Waals surface area (Å²) in [4.78, 5) is 27.3. The molecule has 7 heteroatoms. The summed E-state index contributed by atoms with van der Waals surface area (Å²) in [6.07, 6.45) is 5.09. The molecule has 1 fully saturated rings. The predicted octanol–water partition coefficient (Wildman–Crippen LogP) is 4.29. The molecule has 34 heavy (non-hydrogen) atoms. The van der Waals surface area contributed by atoms with Crippen molar-refractivity contribution in [1.82, 2.24) is 10.2 Å². The van der Waals surface area contributed by atoms with Crippen LogP contribution in [0.4, 0.5) is 0 Å². The van der Waals surface area contributed by atoms with Crippen LogP contribution in [0.25, 0.3) is 0 Å². The maximum absolute atomic E-state index is 13.4. The van der Waals surface area contributed by atoms with Crippen molar-refractivity contribution in [2.24, 2.45) is 0 Å². The molecule has 1 heterocycles. The number of aryl methyl sites for hydroxylation is 1. The number of carbonyl (C=O) groups is 2. The van der Waals surface area contributed by atoms with Crippen LogP contribution in [-0.4, -0.2) is 50.6 Å². The summed E-state index contributed by atoms with van der Waals surface area (Å²) in [5.41, 5.74) is 2.05. The van der Waals surface area contributed by atoms with E-state index in [1.165, 1.54) is 6.92 Å². The fraction of sp³-hybridized carbons (Fsp3) is 0.481. The van der Waals surface area contributed by atoms with Gasteiger partial charge in [-0.15, -0.1) is 0 Å². The fourth-order valence-corrected chi connectivity index (χ4v) is 4.62. The van der Waals surface area contributed by atoms with Gasteiger partial charge in [0.1, 0.15) is 5.75 Å². The van der Waals surface area contributed by atoms with E-state index in [0.717, 1.165) is 55.5 Å². The number of nitrogens with one attached hydrogen (secondary N) is 1. The highest BCUT2D eigenvalue weighted by Crippen LogP contribution is 2.30. The minimum absolute atomic E-state index is 0.0755. The number of methoxy groups -OCH3 is 3. The molecule has 1 saturated heterocycles. The third kappa shape index (κ3) is 6.65. The van der Waals surface area contributed by atoms with Crippen molar-refractivity contribution in [3.05, 3.63) is 53.6 Å². The lowest BCUT2D eigenvalue weighted by atomic mass is 9.94. The summed E-state index contributed by atoms with van der Waals surface area (Å²) in [5, 5.41) is 2.95. The van der Waals surface area contributed by atoms with Crippen LogP contribution in [0.3, 0.4) is 0 Å². The maximum atomic E-state index is 13.4. The van der Waals surface area contributed by atoms with Gasteiger partial charge in [-0.05, 0) is 67.5 Å².